The second-order valence-electron chi connectivity index (χ2n) is 5.63. The van der Waals surface area contributed by atoms with Crippen molar-refractivity contribution in [3.05, 3.63) is 23.2 Å². The molecular weight excluding hydrogens is 260 g/mol. The highest BCUT2D eigenvalue weighted by atomic mass is 35.5. The van der Waals surface area contributed by atoms with Crippen molar-refractivity contribution in [2.24, 2.45) is 0 Å². The first kappa shape index (κ1) is 10.6. The molecule has 0 saturated heterocycles. The Morgan fingerprint density at radius 1 is 1.37 bits per heavy atom. The van der Waals surface area contributed by atoms with Crippen molar-refractivity contribution in [2.75, 3.05) is 6.54 Å². The zero-order valence-corrected chi connectivity index (χ0v) is 11.5. The molecule has 1 aliphatic carbocycles. The van der Waals surface area contributed by atoms with Gasteiger partial charge in [-0.2, -0.15) is 4.98 Å². The molecule has 1 unspecified atom stereocenters. The molecule has 4 nitrogen and oxygen atoms in total. The van der Waals surface area contributed by atoms with Gasteiger partial charge in [-0.3, -0.25) is 0 Å². The van der Waals surface area contributed by atoms with E-state index in [1.807, 2.05) is 6.07 Å². The fraction of sp³-hybridized carbons (Fsp3) is 0.571. The molecule has 0 aromatic carbocycles. The number of aromatic nitrogens is 3. The van der Waals surface area contributed by atoms with Crippen LogP contribution in [0.15, 0.2) is 12.3 Å². The third-order valence-electron chi connectivity index (χ3n) is 4.48. The summed E-state index contributed by atoms with van der Waals surface area (Å²) >= 11 is 5.98. The number of halogens is 1. The van der Waals surface area contributed by atoms with E-state index >= 15 is 0 Å². The summed E-state index contributed by atoms with van der Waals surface area (Å²) in [6, 6.07) is 2.03. The summed E-state index contributed by atoms with van der Waals surface area (Å²) in [7, 11) is 0. The largest absolute Gasteiger partial charge is 0.321 e. The topological polar surface area (TPSA) is 42.7 Å². The van der Waals surface area contributed by atoms with Gasteiger partial charge in [-0.15, -0.1) is 0 Å². The van der Waals surface area contributed by atoms with Crippen LogP contribution in [-0.4, -0.2) is 21.1 Å². The van der Waals surface area contributed by atoms with Gasteiger partial charge in [0.15, 0.2) is 0 Å². The Kier molecular flexibility index (Phi) is 2.34. The molecule has 0 amide bonds. The monoisotopic (exact) mass is 277 g/mol. The Morgan fingerprint density at radius 2 is 2.21 bits per heavy atom. The fourth-order valence-corrected chi connectivity index (χ4v) is 3.76. The van der Waals surface area contributed by atoms with Gasteiger partial charge < -0.3 is 9.88 Å². The highest BCUT2D eigenvalue weighted by molar-refractivity contribution is 6.28. The lowest BCUT2D eigenvalue weighted by Gasteiger charge is -2.43. The van der Waals surface area contributed by atoms with Crippen molar-refractivity contribution in [1.82, 2.24) is 19.9 Å². The summed E-state index contributed by atoms with van der Waals surface area (Å²) in [5.41, 5.74) is 1.94. The molecule has 5 heteroatoms. The van der Waals surface area contributed by atoms with Crippen molar-refractivity contribution in [3.8, 4) is 0 Å². The van der Waals surface area contributed by atoms with Gasteiger partial charge in [0.25, 0.3) is 0 Å². The summed E-state index contributed by atoms with van der Waals surface area (Å²) in [6.07, 6.45) is 7.83. The van der Waals surface area contributed by atoms with Crippen molar-refractivity contribution in [3.63, 3.8) is 0 Å². The maximum Gasteiger partial charge on any atom is 0.224 e. The van der Waals surface area contributed by atoms with Gasteiger partial charge in [0.1, 0.15) is 5.65 Å². The van der Waals surface area contributed by atoms with Crippen LogP contribution < -0.4 is 5.32 Å². The number of rotatable bonds is 0. The van der Waals surface area contributed by atoms with Crippen molar-refractivity contribution < 1.29 is 1.37 Å². The predicted molar refractivity (Wildman–Crippen MR) is 75.3 cm³/mol. The van der Waals surface area contributed by atoms with Crippen LogP contribution in [0.25, 0.3) is 11.0 Å². The van der Waals surface area contributed by atoms with E-state index in [0.717, 1.165) is 36.1 Å². The molecule has 100 valence electrons. The molecule has 1 atom stereocenters. The minimum Gasteiger partial charge on any atom is -0.321 e. The van der Waals surface area contributed by atoms with Crippen molar-refractivity contribution in [2.45, 2.75) is 44.2 Å². The van der Waals surface area contributed by atoms with Crippen LogP contribution in [0.5, 0.6) is 0 Å². The van der Waals surface area contributed by atoms with Crippen LogP contribution in [0.1, 0.15) is 39.2 Å². The van der Waals surface area contributed by atoms with Crippen LogP contribution in [0.2, 0.25) is 5.28 Å². The Bertz CT molecular complexity index is 662. The molecule has 4 rings (SSSR count). The van der Waals surface area contributed by atoms with Crippen LogP contribution >= 0.6 is 11.6 Å². The summed E-state index contributed by atoms with van der Waals surface area (Å²) < 4.78 is 10.5. The Labute approximate surface area is 118 Å². The maximum atomic E-state index is 8.23. The van der Waals surface area contributed by atoms with E-state index in [4.69, 9.17) is 13.0 Å². The van der Waals surface area contributed by atoms with Crippen LogP contribution in [0, 0.1) is 0 Å². The highest BCUT2D eigenvalue weighted by Crippen LogP contribution is 2.40. The van der Waals surface area contributed by atoms with Gasteiger partial charge >= 0.3 is 0 Å². The summed E-state index contributed by atoms with van der Waals surface area (Å²) in [5, 5.41) is 4.60. The first-order valence-electron chi connectivity index (χ1n) is 7.47. The molecule has 3 heterocycles. The van der Waals surface area contributed by atoms with Gasteiger partial charge in [0.05, 0.1) is 5.54 Å². The van der Waals surface area contributed by atoms with E-state index in [1.54, 1.807) is 6.20 Å². The standard InChI is InChI=1S/C14H17ClN4/c15-13-17-7-10-6-11-8-16-9-14(4-2-1-3-5-14)19(11)12(10)18-13/h6-7,16H,1-5,8-9H2/i8D. The maximum absolute atomic E-state index is 8.23. The quantitative estimate of drug-likeness (QED) is 0.753. The average Bonchev–Trinajstić information content (AvgIpc) is 2.85. The molecule has 2 aromatic rings. The lowest BCUT2D eigenvalue weighted by molar-refractivity contribution is 0.168. The van der Waals surface area contributed by atoms with Gasteiger partial charge in [0.2, 0.25) is 5.28 Å². The predicted octanol–water partition coefficient (Wildman–Crippen LogP) is 2.85. The number of fused-ring (bicyclic) bond motifs is 4. The van der Waals surface area contributed by atoms with E-state index in [9.17, 15) is 0 Å². The molecule has 0 bridgehead atoms. The molecule has 0 radical (unpaired) electrons. The van der Waals surface area contributed by atoms with E-state index in [1.165, 1.54) is 19.3 Å². The van der Waals surface area contributed by atoms with Crippen molar-refractivity contribution >= 4 is 22.6 Å². The van der Waals surface area contributed by atoms with E-state index in [-0.39, 0.29) is 10.8 Å². The zero-order chi connectivity index (χ0) is 13.7. The first-order valence-corrected chi connectivity index (χ1v) is 7.27. The minimum atomic E-state index is -0.393. The lowest BCUT2D eigenvalue weighted by atomic mass is 9.80. The molecular formula is C14H17ClN4. The number of hydrogen-bond donors (Lipinski definition) is 1. The van der Waals surface area contributed by atoms with Crippen LogP contribution in [0.4, 0.5) is 0 Å². The second-order valence-corrected chi connectivity index (χ2v) is 5.97. The molecule has 1 spiro atoms. The molecule has 1 saturated carbocycles. The molecule has 2 aromatic heterocycles. The van der Waals surface area contributed by atoms with Gasteiger partial charge in [-0.05, 0) is 30.5 Å². The normalized spacial score (nSPS) is 26.4. The molecule has 1 fully saturated rings. The van der Waals surface area contributed by atoms with Crippen LogP contribution in [-0.2, 0) is 12.1 Å². The van der Waals surface area contributed by atoms with Gasteiger partial charge in [-0.25, -0.2) is 4.98 Å². The van der Waals surface area contributed by atoms with Gasteiger partial charge in [-0.1, -0.05) is 19.3 Å². The number of nitrogens with zero attached hydrogens (tertiary/aromatic N) is 3. The van der Waals surface area contributed by atoms with Crippen molar-refractivity contribution in [1.29, 1.82) is 0 Å². The smallest absolute Gasteiger partial charge is 0.224 e. The Hall–Kier alpha value is -1.13. The Morgan fingerprint density at radius 3 is 3.05 bits per heavy atom. The summed E-state index contributed by atoms with van der Waals surface area (Å²) in [5.74, 6) is 0. The van der Waals surface area contributed by atoms with Crippen LogP contribution in [0.3, 0.4) is 0 Å². The SMILES string of the molecule is [2H]C1NCC2(CCCCC2)n2c1cc1cnc(Cl)nc12. The molecule has 19 heavy (non-hydrogen) atoms. The fourth-order valence-electron chi connectivity index (χ4n) is 3.63. The molecule has 2 aliphatic rings. The highest BCUT2D eigenvalue weighted by Gasteiger charge is 2.38. The van der Waals surface area contributed by atoms with E-state index in [0.29, 0.717) is 0 Å². The Balaban J connectivity index is 1.99. The third-order valence-corrected chi connectivity index (χ3v) is 4.66. The zero-order valence-electron chi connectivity index (χ0n) is 11.7. The summed E-state index contributed by atoms with van der Waals surface area (Å²) in [4.78, 5) is 8.51. The van der Waals surface area contributed by atoms with E-state index < -0.39 is 6.52 Å². The summed E-state index contributed by atoms with van der Waals surface area (Å²) in [6.45, 7) is 0.454. The van der Waals surface area contributed by atoms with Gasteiger partial charge in [0, 0.05) is 31.7 Å². The van der Waals surface area contributed by atoms with E-state index in [2.05, 4.69) is 19.9 Å². The molecule has 1 N–H and O–H groups in total. The lowest BCUT2D eigenvalue weighted by Crippen LogP contribution is -2.49. The number of hydrogen-bond acceptors (Lipinski definition) is 3. The third kappa shape index (κ3) is 1.70. The first-order chi connectivity index (χ1) is 9.70. The number of nitrogens with one attached hydrogen (secondary N) is 1. The second kappa shape index (κ2) is 4.18. The molecule has 1 aliphatic heterocycles. The average molecular weight is 278 g/mol. The minimum absolute atomic E-state index is 0.0601.